The summed E-state index contributed by atoms with van der Waals surface area (Å²) in [7, 11) is 0. The van der Waals surface area contributed by atoms with Crippen molar-refractivity contribution in [2.24, 2.45) is 11.8 Å². The Morgan fingerprint density at radius 3 is 2.65 bits per heavy atom. The van der Waals surface area contributed by atoms with Crippen LogP contribution in [0.3, 0.4) is 0 Å². The van der Waals surface area contributed by atoms with E-state index in [1.165, 1.54) is 0 Å². The van der Waals surface area contributed by atoms with Crippen LogP contribution in [0, 0.1) is 11.8 Å². The minimum Gasteiger partial charge on any atom is -0.473 e. The van der Waals surface area contributed by atoms with Gasteiger partial charge >= 0.3 is 11.9 Å². The topological polar surface area (TPSA) is 135 Å². The Kier molecular flexibility index (Phi) is 8.33. The molecular weight excluding hydrogens is 408 g/mol. The largest absolute Gasteiger partial charge is 0.473 e. The highest BCUT2D eigenvalue weighted by molar-refractivity contribution is 6.27. The molecule has 1 amide bonds. The summed E-state index contributed by atoms with van der Waals surface area (Å²) in [5.41, 5.74) is 1.09. The second kappa shape index (κ2) is 11.2. The molecule has 1 saturated carbocycles. The first kappa shape index (κ1) is 23.1. The molecule has 3 heterocycles. The van der Waals surface area contributed by atoms with Crippen LogP contribution in [0.4, 0.5) is 0 Å². The SMILES string of the molecule is O=C(C1CCOC1)N1CCOC2CC(COCc3cccnc3)CC21.O=C(O)C(=O)O. The molecule has 2 saturated heterocycles. The Morgan fingerprint density at radius 2 is 2.00 bits per heavy atom. The zero-order valence-electron chi connectivity index (χ0n) is 17.2. The molecule has 0 radical (unpaired) electrons. The summed E-state index contributed by atoms with van der Waals surface area (Å²) >= 11 is 0. The molecule has 0 aromatic carbocycles. The number of carboxylic acid groups (broad SMARTS) is 2. The summed E-state index contributed by atoms with van der Waals surface area (Å²) in [4.78, 5) is 37.2. The Bertz CT molecular complexity index is 741. The van der Waals surface area contributed by atoms with Crippen molar-refractivity contribution in [1.29, 1.82) is 0 Å². The fourth-order valence-electron chi connectivity index (χ4n) is 4.25. The van der Waals surface area contributed by atoms with Gasteiger partial charge in [-0.2, -0.15) is 0 Å². The predicted octanol–water partition coefficient (Wildman–Crippen LogP) is 0.796. The molecule has 4 unspecified atom stereocenters. The maximum absolute atomic E-state index is 12.8. The van der Waals surface area contributed by atoms with Crippen LogP contribution in [0.25, 0.3) is 0 Å². The molecule has 4 rings (SSSR count). The monoisotopic (exact) mass is 436 g/mol. The second-order valence-corrected chi connectivity index (χ2v) is 7.89. The van der Waals surface area contributed by atoms with Crippen molar-refractivity contribution in [3.63, 3.8) is 0 Å². The average Bonchev–Trinajstić information content (AvgIpc) is 3.44. The van der Waals surface area contributed by atoms with Gasteiger partial charge in [0.05, 0.1) is 44.5 Å². The number of carboxylic acids is 2. The van der Waals surface area contributed by atoms with E-state index in [1.54, 1.807) is 6.20 Å². The molecule has 2 aliphatic heterocycles. The van der Waals surface area contributed by atoms with Gasteiger partial charge in [0.1, 0.15) is 0 Å². The van der Waals surface area contributed by atoms with E-state index in [-0.39, 0.29) is 24.0 Å². The van der Waals surface area contributed by atoms with Crippen molar-refractivity contribution in [2.45, 2.75) is 38.0 Å². The van der Waals surface area contributed by atoms with E-state index in [1.807, 2.05) is 18.3 Å². The number of carbonyl (C=O) groups excluding carboxylic acids is 1. The highest BCUT2D eigenvalue weighted by atomic mass is 16.5. The van der Waals surface area contributed by atoms with Gasteiger partial charge in [-0.05, 0) is 36.8 Å². The number of nitrogens with zero attached hydrogens (tertiary/aromatic N) is 2. The minimum absolute atomic E-state index is 0.0413. The molecule has 3 aliphatic rings. The zero-order valence-corrected chi connectivity index (χ0v) is 17.2. The van der Waals surface area contributed by atoms with Crippen LogP contribution < -0.4 is 0 Å². The van der Waals surface area contributed by atoms with Gasteiger partial charge in [0, 0.05) is 25.5 Å². The van der Waals surface area contributed by atoms with Crippen LogP contribution in [-0.4, -0.2) is 83.1 Å². The highest BCUT2D eigenvalue weighted by Gasteiger charge is 2.44. The Labute approximate surface area is 180 Å². The average molecular weight is 436 g/mol. The van der Waals surface area contributed by atoms with E-state index in [0.29, 0.717) is 45.5 Å². The first-order valence-electron chi connectivity index (χ1n) is 10.4. The van der Waals surface area contributed by atoms with Gasteiger partial charge in [0.15, 0.2) is 0 Å². The normalized spacial score (nSPS) is 27.2. The van der Waals surface area contributed by atoms with Crippen molar-refractivity contribution in [1.82, 2.24) is 9.88 Å². The maximum Gasteiger partial charge on any atom is 0.414 e. The van der Waals surface area contributed by atoms with Crippen LogP contribution in [0.15, 0.2) is 24.5 Å². The third-order valence-electron chi connectivity index (χ3n) is 5.72. The van der Waals surface area contributed by atoms with Gasteiger partial charge in [-0.1, -0.05) is 6.07 Å². The van der Waals surface area contributed by atoms with Crippen LogP contribution in [-0.2, 0) is 35.2 Å². The molecule has 1 aromatic heterocycles. The molecular formula is C21H28N2O8. The van der Waals surface area contributed by atoms with Crippen LogP contribution in [0.5, 0.6) is 0 Å². The van der Waals surface area contributed by atoms with E-state index in [4.69, 9.17) is 34.0 Å². The van der Waals surface area contributed by atoms with E-state index in [2.05, 4.69) is 9.88 Å². The van der Waals surface area contributed by atoms with Gasteiger partial charge in [0.25, 0.3) is 0 Å². The van der Waals surface area contributed by atoms with E-state index in [9.17, 15) is 4.79 Å². The van der Waals surface area contributed by atoms with Crippen LogP contribution in [0.1, 0.15) is 24.8 Å². The Balaban J connectivity index is 0.000000401. The lowest BCUT2D eigenvalue weighted by molar-refractivity contribution is -0.159. The number of hydrogen-bond acceptors (Lipinski definition) is 7. The first-order valence-corrected chi connectivity index (χ1v) is 10.4. The number of morpholine rings is 1. The van der Waals surface area contributed by atoms with Crippen LogP contribution >= 0.6 is 0 Å². The summed E-state index contributed by atoms with van der Waals surface area (Å²) in [5, 5.41) is 14.8. The van der Waals surface area contributed by atoms with Gasteiger partial charge < -0.3 is 29.3 Å². The molecule has 31 heavy (non-hydrogen) atoms. The van der Waals surface area contributed by atoms with Crippen LogP contribution in [0.2, 0.25) is 0 Å². The lowest BCUT2D eigenvalue weighted by atomic mass is 10.0. The molecule has 10 heteroatoms. The van der Waals surface area contributed by atoms with Gasteiger partial charge in [-0.3, -0.25) is 9.78 Å². The minimum atomic E-state index is -1.82. The quantitative estimate of drug-likeness (QED) is 0.642. The number of hydrogen-bond donors (Lipinski definition) is 2. The number of carbonyl (C=O) groups is 3. The molecule has 1 aliphatic carbocycles. The fraction of sp³-hybridized carbons (Fsp3) is 0.619. The number of ether oxygens (including phenoxy) is 3. The highest BCUT2D eigenvalue weighted by Crippen LogP contribution is 2.35. The van der Waals surface area contributed by atoms with Crippen molar-refractivity contribution < 1.29 is 38.8 Å². The summed E-state index contributed by atoms with van der Waals surface area (Å²) in [5.74, 6) is -2.91. The van der Waals surface area contributed by atoms with Crippen molar-refractivity contribution in [2.75, 3.05) is 33.0 Å². The van der Waals surface area contributed by atoms with Gasteiger partial charge in [0.2, 0.25) is 5.91 Å². The van der Waals surface area contributed by atoms with E-state index < -0.39 is 11.9 Å². The van der Waals surface area contributed by atoms with Gasteiger partial charge in [-0.15, -0.1) is 0 Å². The van der Waals surface area contributed by atoms with E-state index in [0.717, 1.165) is 24.8 Å². The summed E-state index contributed by atoms with van der Waals surface area (Å²) < 4.78 is 17.2. The smallest absolute Gasteiger partial charge is 0.414 e. The number of pyridine rings is 1. The second-order valence-electron chi connectivity index (χ2n) is 7.89. The lowest BCUT2D eigenvalue weighted by Gasteiger charge is -2.38. The first-order chi connectivity index (χ1) is 15.0. The summed E-state index contributed by atoms with van der Waals surface area (Å²) in [6.45, 7) is 3.93. The summed E-state index contributed by atoms with van der Waals surface area (Å²) in [6, 6.07) is 4.15. The molecule has 2 N–H and O–H groups in total. The van der Waals surface area contributed by atoms with Crippen molar-refractivity contribution in [3.8, 4) is 0 Å². The van der Waals surface area contributed by atoms with Crippen molar-refractivity contribution >= 4 is 17.8 Å². The molecule has 4 atom stereocenters. The molecule has 0 bridgehead atoms. The number of rotatable bonds is 5. The molecule has 1 aromatic rings. The van der Waals surface area contributed by atoms with Crippen molar-refractivity contribution in [3.05, 3.63) is 30.1 Å². The van der Waals surface area contributed by atoms with E-state index >= 15 is 0 Å². The fourth-order valence-corrected chi connectivity index (χ4v) is 4.25. The number of aliphatic carboxylic acids is 2. The Morgan fingerprint density at radius 1 is 1.19 bits per heavy atom. The molecule has 170 valence electrons. The Hall–Kier alpha value is -2.56. The predicted molar refractivity (Wildman–Crippen MR) is 106 cm³/mol. The number of fused-ring (bicyclic) bond motifs is 1. The zero-order chi connectivity index (χ0) is 22.2. The number of amides is 1. The third-order valence-corrected chi connectivity index (χ3v) is 5.72. The molecule has 3 fully saturated rings. The molecule has 10 nitrogen and oxygen atoms in total. The molecule has 0 spiro atoms. The maximum atomic E-state index is 12.8. The third kappa shape index (κ3) is 6.46. The number of aromatic nitrogens is 1. The standard InChI is InChI=1S/C19H26N2O4.C2H2O4/c22-19(16-3-6-23-13-16)21-5-7-25-18-9-15(8-17(18)21)12-24-11-14-2-1-4-20-10-14;3-1(4)2(5)6/h1-2,4,10,15-18H,3,5-9,11-13H2;(H,3,4)(H,5,6). The van der Waals surface area contributed by atoms with Gasteiger partial charge in [-0.25, -0.2) is 9.59 Å². The lowest BCUT2D eigenvalue weighted by Crippen LogP contribution is -2.53. The summed E-state index contributed by atoms with van der Waals surface area (Å²) in [6.07, 6.45) is 6.56.